The summed E-state index contributed by atoms with van der Waals surface area (Å²) in [5.74, 6) is 0. The fraction of sp³-hybridized carbons (Fsp3) is 0.500. The molecule has 0 aliphatic heterocycles. The average Bonchev–Trinajstić information content (AvgIpc) is 2.73. The summed E-state index contributed by atoms with van der Waals surface area (Å²) < 4.78 is 2.00. The van der Waals surface area contributed by atoms with Crippen LogP contribution in [-0.4, -0.2) is 20.0 Å². The first kappa shape index (κ1) is 12.5. The quantitative estimate of drug-likeness (QED) is 0.802. The van der Waals surface area contributed by atoms with Crippen LogP contribution >= 0.6 is 0 Å². The minimum atomic E-state index is 0.972. The molecule has 0 aliphatic rings. The molecule has 0 atom stereocenters. The van der Waals surface area contributed by atoms with E-state index in [2.05, 4.69) is 35.2 Å². The average molecular weight is 220 g/mol. The molecule has 0 radical (unpaired) electrons. The second kappa shape index (κ2) is 5.49. The van der Waals surface area contributed by atoms with E-state index in [0.29, 0.717) is 0 Å². The Bertz CT molecular complexity index is 423. The largest absolute Gasteiger partial charge is 0.283 e. The van der Waals surface area contributed by atoms with Crippen molar-refractivity contribution in [3.05, 3.63) is 34.9 Å². The second-order valence-electron chi connectivity index (χ2n) is 3.94. The van der Waals surface area contributed by atoms with Gasteiger partial charge in [-0.05, 0) is 46.8 Å². The summed E-state index contributed by atoms with van der Waals surface area (Å²) in [7, 11) is 0. The van der Waals surface area contributed by atoms with Crippen LogP contribution in [0.2, 0.25) is 0 Å². The van der Waals surface area contributed by atoms with Crippen LogP contribution in [0.15, 0.2) is 12.1 Å². The molecule has 2 heterocycles. The summed E-state index contributed by atoms with van der Waals surface area (Å²) in [6, 6.07) is 4.09. The Morgan fingerprint density at radius 3 is 2.00 bits per heavy atom. The van der Waals surface area contributed by atoms with E-state index < -0.39 is 0 Å². The van der Waals surface area contributed by atoms with E-state index in [1.165, 1.54) is 5.69 Å². The van der Waals surface area contributed by atoms with Crippen molar-refractivity contribution in [2.24, 2.45) is 0 Å². The van der Waals surface area contributed by atoms with Gasteiger partial charge in [0.15, 0.2) is 0 Å². The van der Waals surface area contributed by atoms with Crippen LogP contribution in [0.3, 0.4) is 0 Å². The highest BCUT2D eigenvalue weighted by Crippen LogP contribution is 1.99. The maximum absolute atomic E-state index is 4.25. The normalized spacial score (nSPS) is 9.81. The van der Waals surface area contributed by atoms with E-state index in [1.54, 1.807) is 0 Å². The fourth-order valence-electron chi connectivity index (χ4n) is 1.55. The van der Waals surface area contributed by atoms with E-state index in [9.17, 15) is 0 Å². The van der Waals surface area contributed by atoms with E-state index >= 15 is 0 Å². The highest BCUT2D eigenvalue weighted by atomic mass is 15.3. The molecule has 0 bridgehead atoms. The molecule has 88 valence electrons. The van der Waals surface area contributed by atoms with Gasteiger partial charge in [-0.15, -0.1) is 0 Å². The number of aromatic amines is 1. The van der Waals surface area contributed by atoms with Crippen molar-refractivity contribution >= 4 is 0 Å². The molecular formula is C12H20N4. The van der Waals surface area contributed by atoms with Crippen LogP contribution in [0.5, 0.6) is 0 Å². The van der Waals surface area contributed by atoms with Gasteiger partial charge in [0.2, 0.25) is 0 Å². The molecule has 4 heteroatoms. The third kappa shape index (κ3) is 3.53. The summed E-state index contributed by atoms with van der Waals surface area (Å²) in [5, 5.41) is 11.0. The minimum Gasteiger partial charge on any atom is -0.283 e. The standard InChI is InChI=1S/C7H12N2.C5H8N2/c1-4-9-7(3)5-6(2)8-9;1-4-3-5(2)7-6-4/h5H,4H2,1-3H3;3H,1-2H3,(H,6,7). The maximum Gasteiger partial charge on any atom is 0.0596 e. The molecule has 0 fully saturated rings. The molecule has 0 amide bonds. The van der Waals surface area contributed by atoms with Crippen molar-refractivity contribution in [1.82, 2.24) is 20.0 Å². The van der Waals surface area contributed by atoms with E-state index in [1.807, 2.05) is 31.5 Å². The number of hydrogen-bond acceptors (Lipinski definition) is 2. The second-order valence-corrected chi connectivity index (χ2v) is 3.94. The maximum atomic E-state index is 4.25. The van der Waals surface area contributed by atoms with Gasteiger partial charge in [0.1, 0.15) is 0 Å². The number of H-pyrrole nitrogens is 1. The Balaban J connectivity index is 0.000000165. The van der Waals surface area contributed by atoms with Crippen molar-refractivity contribution in [3.8, 4) is 0 Å². The summed E-state index contributed by atoms with van der Waals surface area (Å²) in [4.78, 5) is 0. The number of rotatable bonds is 1. The highest BCUT2D eigenvalue weighted by molar-refractivity contribution is 5.06. The highest BCUT2D eigenvalue weighted by Gasteiger charge is 1.95. The summed E-state index contributed by atoms with van der Waals surface area (Å²) >= 11 is 0. The first-order valence-corrected chi connectivity index (χ1v) is 5.52. The first-order valence-electron chi connectivity index (χ1n) is 5.52. The lowest BCUT2D eigenvalue weighted by Crippen LogP contribution is -1.97. The number of aryl methyl sites for hydroxylation is 5. The zero-order valence-corrected chi connectivity index (χ0v) is 10.7. The van der Waals surface area contributed by atoms with Crippen LogP contribution < -0.4 is 0 Å². The van der Waals surface area contributed by atoms with Crippen molar-refractivity contribution in [2.45, 2.75) is 41.2 Å². The summed E-state index contributed by atoms with van der Waals surface area (Å²) in [6.45, 7) is 11.1. The van der Waals surface area contributed by atoms with Gasteiger partial charge in [0.05, 0.1) is 11.4 Å². The van der Waals surface area contributed by atoms with E-state index in [-0.39, 0.29) is 0 Å². The molecule has 0 saturated heterocycles. The Kier molecular flexibility index (Phi) is 4.28. The van der Waals surface area contributed by atoms with Crippen LogP contribution in [0.4, 0.5) is 0 Å². The monoisotopic (exact) mass is 220 g/mol. The van der Waals surface area contributed by atoms with Gasteiger partial charge in [-0.2, -0.15) is 10.2 Å². The van der Waals surface area contributed by atoms with E-state index in [0.717, 1.165) is 23.6 Å². The molecule has 0 aromatic carbocycles. The Morgan fingerprint density at radius 1 is 1.12 bits per heavy atom. The van der Waals surface area contributed by atoms with Crippen molar-refractivity contribution in [2.75, 3.05) is 0 Å². The zero-order valence-electron chi connectivity index (χ0n) is 10.7. The molecule has 0 aliphatic carbocycles. The number of hydrogen-bond donors (Lipinski definition) is 1. The van der Waals surface area contributed by atoms with Gasteiger partial charge in [0.25, 0.3) is 0 Å². The molecular weight excluding hydrogens is 200 g/mol. The summed E-state index contributed by atoms with van der Waals surface area (Å²) in [5.41, 5.74) is 4.53. The van der Waals surface area contributed by atoms with Crippen molar-refractivity contribution in [3.63, 3.8) is 0 Å². The molecule has 2 aromatic heterocycles. The molecule has 1 N–H and O–H groups in total. The molecule has 0 unspecified atom stereocenters. The van der Waals surface area contributed by atoms with Crippen LogP contribution in [-0.2, 0) is 6.54 Å². The lowest BCUT2D eigenvalue weighted by Gasteiger charge is -1.95. The first-order chi connectivity index (χ1) is 7.52. The van der Waals surface area contributed by atoms with Crippen molar-refractivity contribution in [1.29, 1.82) is 0 Å². The van der Waals surface area contributed by atoms with Gasteiger partial charge in [-0.1, -0.05) is 0 Å². The smallest absolute Gasteiger partial charge is 0.0596 e. The van der Waals surface area contributed by atoms with Gasteiger partial charge < -0.3 is 0 Å². The van der Waals surface area contributed by atoms with Crippen LogP contribution in [0, 0.1) is 27.7 Å². The molecule has 16 heavy (non-hydrogen) atoms. The van der Waals surface area contributed by atoms with Crippen molar-refractivity contribution < 1.29 is 0 Å². The topological polar surface area (TPSA) is 46.5 Å². The molecule has 4 nitrogen and oxygen atoms in total. The minimum absolute atomic E-state index is 0.972. The lowest BCUT2D eigenvalue weighted by molar-refractivity contribution is 0.634. The molecule has 0 spiro atoms. The van der Waals surface area contributed by atoms with Crippen LogP contribution in [0.1, 0.15) is 29.7 Å². The molecule has 0 saturated carbocycles. The van der Waals surface area contributed by atoms with Gasteiger partial charge in [-0.3, -0.25) is 9.78 Å². The third-order valence-electron chi connectivity index (χ3n) is 2.24. The predicted octanol–water partition coefficient (Wildman–Crippen LogP) is 2.55. The lowest BCUT2D eigenvalue weighted by atomic mass is 10.4. The third-order valence-corrected chi connectivity index (χ3v) is 2.24. The number of nitrogens with zero attached hydrogens (tertiary/aromatic N) is 3. The SMILES string of the molecule is CCn1nc(C)cc1C.Cc1cc(C)[nH]n1. The Hall–Kier alpha value is -1.58. The molecule has 2 aromatic rings. The summed E-state index contributed by atoms with van der Waals surface area (Å²) in [6.07, 6.45) is 0. The van der Waals surface area contributed by atoms with Gasteiger partial charge in [0, 0.05) is 17.9 Å². The zero-order chi connectivity index (χ0) is 12.1. The van der Waals surface area contributed by atoms with Gasteiger partial charge >= 0.3 is 0 Å². The molecule has 2 rings (SSSR count). The Labute approximate surface area is 96.7 Å². The van der Waals surface area contributed by atoms with Gasteiger partial charge in [-0.25, -0.2) is 0 Å². The Morgan fingerprint density at radius 2 is 1.81 bits per heavy atom. The fourth-order valence-corrected chi connectivity index (χ4v) is 1.55. The predicted molar refractivity (Wildman–Crippen MR) is 65.4 cm³/mol. The van der Waals surface area contributed by atoms with E-state index in [4.69, 9.17) is 0 Å². The number of aromatic nitrogens is 4. The van der Waals surface area contributed by atoms with Crippen LogP contribution in [0.25, 0.3) is 0 Å². The number of nitrogens with one attached hydrogen (secondary N) is 1.